The summed E-state index contributed by atoms with van der Waals surface area (Å²) in [6, 6.07) is 11.7. The number of carbonyl (C=O) groups excluding carboxylic acids is 1. The third kappa shape index (κ3) is 3.17. The number of aryl methyl sites for hydroxylation is 1. The first-order valence-electron chi connectivity index (χ1n) is 9.19. The van der Waals surface area contributed by atoms with Crippen LogP contribution in [-0.4, -0.2) is 28.7 Å². The van der Waals surface area contributed by atoms with Crippen molar-refractivity contribution in [2.45, 2.75) is 32.9 Å². The fourth-order valence-corrected chi connectivity index (χ4v) is 3.57. The number of benzene rings is 1. The van der Waals surface area contributed by atoms with Crippen LogP contribution in [-0.2, 0) is 12.1 Å². The minimum atomic E-state index is -0.585. The van der Waals surface area contributed by atoms with Gasteiger partial charge in [-0.2, -0.15) is 5.10 Å². The van der Waals surface area contributed by atoms with Crippen molar-refractivity contribution in [2.24, 2.45) is 0 Å². The Labute approximate surface area is 158 Å². The summed E-state index contributed by atoms with van der Waals surface area (Å²) in [5.74, 6) is 0.525. The number of nitrogens with zero attached hydrogens (tertiary/aromatic N) is 2. The molecule has 6 nitrogen and oxygen atoms in total. The van der Waals surface area contributed by atoms with Crippen LogP contribution in [0.5, 0.6) is 5.75 Å². The van der Waals surface area contributed by atoms with Gasteiger partial charge >= 0.3 is 0 Å². The van der Waals surface area contributed by atoms with Gasteiger partial charge in [-0.25, -0.2) is 4.52 Å². The van der Waals surface area contributed by atoms with Gasteiger partial charge in [0.15, 0.2) is 0 Å². The zero-order valence-corrected chi connectivity index (χ0v) is 15.9. The van der Waals surface area contributed by atoms with Gasteiger partial charge in [0, 0.05) is 29.9 Å². The van der Waals surface area contributed by atoms with Crippen molar-refractivity contribution in [3.05, 3.63) is 65.0 Å². The predicted octanol–water partition coefficient (Wildman–Crippen LogP) is 2.79. The molecule has 2 aromatic heterocycles. The number of rotatable bonds is 3. The van der Waals surface area contributed by atoms with Crippen molar-refractivity contribution in [1.29, 1.82) is 0 Å². The molecule has 0 spiro atoms. The van der Waals surface area contributed by atoms with Gasteiger partial charge in [0.05, 0.1) is 22.8 Å². The van der Waals surface area contributed by atoms with Gasteiger partial charge in [0.2, 0.25) is 0 Å². The van der Waals surface area contributed by atoms with Gasteiger partial charge in [-0.05, 0) is 39.0 Å². The topological polar surface area (TPSA) is 67.7 Å². The highest BCUT2D eigenvalue weighted by Crippen LogP contribution is 2.29. The van der Waals surface area contributed by atoms with E-state index in [4.69, 9.17) is 4.74 Å². The molecule has 0 saturated heterocycles. The second kappa shape index (κ2) is 6.70. The normalized spacial score (nSPS) is 14.3. The lowest BCUT2D eigenvalue weighted by molar-refractivity contribution is 0.0908. The fraction of sp³-hybridized carbons (Fsp3) is 0.333. The predicted molar refractivity (Wildman–Crippen MR) is 104 cm³/mol. The maximum Gasteiger partial charge on any atom is 0.255 e. The summed E-state index contributed by atoms with van der Waals surface area (Å²) in [7, 11) is 0. The van der Waals surface area contributed by atoms with Crippen LogP contribution in [0, 0.1) is 6.92 Å². The van der Waals surface area contributed by atoms with E-state index in [2.05, 4.69) is 15.7 Å². The lowest BCUT2D eigenvalue weighted by Crippen LogP contribution is -2.41. The van der Waals surface area contributed by atoms with Crippen LogP contribution in [0.15, 0.2) is 42.6 Å². The maximum atomic E-state index is 13.1. The van der Waals surface area contributed by atoms with Crippen molar-refractivity contribution < 1.29 is 9.53 Å². The Hall–Kier alpha value is -2.86. The van der Waals surface area contributed by atoms with E-state index >= 15 is 0 Å². The molecule has 27 heavy (non-hydrogen) atoms. The molecule has 0 unspecified atom stereocenters. The summed E-state index contributed by atoms with van der Waals surface area (Å²) >= 11 is 0. The Kier molecular flexibility index (Phi) is 4.36. The lowest BCUT2D eigenvalue weighted by atomic mass is 9.94. The van der Waals surface area contributed by atoms with Gasteiger partial charge < -0.3 is 15.4 Å². The molecule has 3 heterocycles. The molecule has 0 bridgehead atoms. The molecule has 0 saturated carbocycles. The van der Waals surface area contributed by atoms with Gasteiger partial charge in [-0.15, -0.1) is 0 Å². The highest BCUT2D eigenvalue weighted by molar-refractivity contribution is 5.98. The second-order valence-electron chi connectivity index (χ2n) is 7.42. The van der Waals surface area contributed by atoms with Crippen molar-refractivity contribution in [2.75, 3.05) is 13.2 Å². The summed E-state index contributed by atoms with van der Waals surface area (Å²) in [5.41, 5.74) is 4.01. The molecular weight excluding hydrogens is 340 g/mol. The first-order chi connectivity index (χ1) is 13.0. The second-order valence-corrected chi connectivity index (χ2v) is 7.42. The molecule has 1 amide bonds. The Morgan fingerprint density at radius 3 is 2.93 bits per heavy atom. The number of para-hydroxylation sites is 1. The summed E-state index contributed by atoms with van der Waals surface area (Å²) in [6.07, 6.45) is 1.83. The first kappa shape index (κ1) is 17.5. The molecule has 3 aromatic rings. The van der Waals surface area contributed by atoms with E-state index in [1.54, 1.807) is 0 Å². The van der Waals surface area contributed by atoms with Crippen molar-refractivity contribution in [3.63, 3.8) is 0 Å². The monoisotopic (exact) mass is 364 g/mol. The standard InChI is InChI=1S/C21H24N4O2/c1-14-6-4-9-18-17(13-23-25(14)18)21(2,3)24-20(26)16-8-5-7-15-12-22-10-11-27-19(15)16/h4-9,13,22H,10-12H2,1-3H3,(H,24,26). The largest absolute Gasteiger partial charge is 0.491 e. The molecule has 2 N–H and O–H groups in total. The molecule has 0 fully saturated rings. The average molecular weight is 364 g/mol. The Morgan fingerprint density at radius 1 is 1.26 bits per heavy atom. The minimum absolute atomic E-state index is 0.147. The number of ether oxygens (including phenoxy) is 1. The zero-order valence-electron chi connectivity index (χ0n) is 15.9. The maximum absolute atomic E-state index is 13.1. The Balaban J connectivity index is 1.67. The number of hydrogen-bond donors (Lipinski definition) is 2. The van der Waals surface area contributed by atoms with Crippen LogP contribution in [0.2, 0.25) is 0 Å². The number of amides is 1. The van der Waals surface area contributed by atoms with Crippen LogP contribution in [0.1, 0.15) is 41.0 Å². The van der Waals surface area contributed by atoms with Crippen LogP contribution in [0.4, 0.5) is 0 Å². The van der Waals surface area contributed by atoms with E-state index in [0.717, 1.165) is 28.9 Å². The van der Waals surface area contributed by atoms with E-state index in [-0.39, 0.29) is 5.91 Å². The van der Waals surface area contributed by atoms with E-state index in [0.29, 0.717) is 24.5 Å². The molecule has 0 aliphatic carbocycles. The van der Waals surface area contributed by atoms with E-state index in [9.17, 15) is 4.79 Å². The lowest BCUT2D eigenvalue weighted by Gasteiger charge is -2.26. The van der Waals surface area contributed by atoms with Gasteiger partial charge in [-0.1, -0.05) is 18.2 Å². The van der Waals surface area contributed by atoms with Gasteiger partial charge in [-0.3, -0.25) is 4.79 Å². The van der Waals surface area contributed by atoms with E-state index in [1.807, 2.05) is 67.9 Å². The molecule has 0 radical (unpaired) electrons. The van der Waals surface area contributed by atoms with Gasteiger partial charge in [0.25, 0.3) is 5.91 Å². The molecule has 6 heteroatoms. The smallest absolute Gasteiger partial charge is 0.255 e. The third-order valence-corrected chi connectivity index (χ3v) is 5.01. The van der Waals surface area contributed by atoms with Crippen molar-refractivity contribution in [1.82, 2.24) is 20.2 Å². The number of nitrogens with one attached hydrogen (secondary N) is 2. The molecule has 1 aromatic carbocycles. The SMILES string of the molecule is Cc1cccc2c(C(C)(C)NC(=O)c3cccc4c3OCCNC4)cnn12. The van der Waals surface area contributed by atoms with E-state index in [1.165, 1.54) is 0 Å². The molecule has 4 rings (SSSR count). The Morgan fingerprint density at radius 2 is 2.07 bits per heavy atom. The number of pyridine rings is 1. The number of hydrogen-bond acceptors (Lipinski definition) is 4. The highest BCUT2D eigenvalue weighted by Gasteiger charge is 2.29. The number of aromatic nitrogens is 2. The minimum Gasteiger partial charge on any atom is -0.491 e. The molecule has 140 valence electrons. The summed E-state index contributed by atoms with van der Waals surface area (Å²) < 4.78 is 7.75. The quantitative estimate of drug-likeness (QED) is 0.750. The number of carbonyl (C=O) groups is 1. The van der Waals surface area contributed by atoms with Crippen LogP contribution in [0.3, 0.4) is 0 Å². The van der Waals surface area contributed by atoms with Gasteiger partial charge in [0.1, 0.15) is 12.4 Å². The summed E-state index contributed by atoms with van der Waals surface area (Å²) in [4.78, 5) is 13.1. The fourth-order valence-electron chi connectivity index (χ4n) is 3.57. The number of fused-ring (bicyclic) bond motifs is 2. The highest BCUT2D eigenvalue weighted by atomic mass is 16.5. The molecular formula is C21H24N4O2. The molecule has 1 aliphatic rings. The summed E-state index contributed by atoms with van der Waals surface area (Å²) in [5, 5.41) is 10.9. The van der Waals surface area contributed by atoms with Crippen molar-refractivity contribution in [3.8, 4) is 5.75 Å². The van der Waals surface area contributed by atoms with Crippen molar-refractivity contribution >= 4 is 11.4 Å². The zero-order chi connectivity index (χ0) is 19.0. The Bertz CT molecular complexity index is 1010. The van der Waals surface area contributed by atoms with Crippen LogP contribution >= 0.6 is 0 Å². The summed E-state index contributed by atoms with van der Waals surface area (Å²) in [6.45, 7) is 8.02. The molecule has 0 atom stereocenters. The average Bonchev–Trinajstić information content (AvgIpc) is 2.94. The van der Waals surface area contributed by atoms with Crippen LogP contribution < -0.4 is 15.4 Å². The van der Waals surface area contributed by atoms with E-state index < -0.39 is 5.54 Å². The molecule has 1 aliphatic heterocycles. The van der Waals surface area contributed by atoms with Crippen LogP contribution in [0.25, 0.3) is 5.52 Å². The first-order valence-corrected chi connectivity index (χ1v) is 9.19. The third-order valence-electron chi connectivity index (χ3n) is 5.01.